The highest BCUT2D eigenvalue weighted by atomic mass is 15.1. The summed E-state index contributed by atoms with van der Waals surface area (Å²) in [6.07, 6.45) is 6.17. The Morgan fingerprint density at radius 3 is 2.47 bits per heavy atom. The van der Waals surface area contributed by atoms with Gasteiger partial charge in [-0.25, -0.2) is 0 Å². The standard InChI is InChI=1S/C16H29N3/c1-4-19(13-15-5-8-18-9-6-15)10-7-16(12-17)11-14(2)3/h5-6,8-9,14,16H,4,7,10-13,17H2,1-3H3. The van der Waals surface area contributed by atoms with E-state index in [4.69, 9.17) is 5.73 Å². The van der Waals surface area contributed by atoms with Crippen molar-refractivity contribution in [3.63, 3.8) is 0 Å². The summed E-state index contributed by atoms with van der Waals surface area (Å²) in [5.74, 6) is 1.40. The third-order valence-corrected chi connectivity index (χ3v) is 3.59. The molecule has 2 N–H and O–H groups in total. The Hall–Kier alpha value is -0.930. The SMILES string of the molecule is CCN(CCC(CN)CC(C)C)Cc1ccncc1. The molecule has 1 aromatic rings. The van der Waals surface area contributed by atoms with Gasteiger partial charge in [-0.1, -0.05) is 20.8 Å². The molecule has 0 bridgehead atoms. The van der Waals surface area contributed by atoms with E-state index in [1.165, 1.54) is 18.4 Å². The largest absolute Gasteiger partial charge is 0.330 e. The molecular formula is C16H29N3. The van der Waals surface area contributed by atoms with E-state index in [2.05, 4.69) is 42.8 Å². The van der Waals surface area contributed by atoms with Crippen molar-refractivity contribution >= 4 is 0 Å². The van der Waals surface area contributed by atoms with Crippen LogP contribution in [0.2, 0.25) is 0 Å². The topological polar surface area (TPSA) is 42.1 Å². The zero-order valence-corrected chi connectivity index (χ0v) is 12.7. The van der Waals surface area contributed by atoms with Crippen LogP contribution in [0.15, 0.2) is 24.5 Å². The van der Waals surface area contributed by atoms with E-state index < -0.39 is 0 Å². The van der Waals surface area contributed by atoms with Gasteiger partial charge in [0.1, 0.15) is 0 Å². The molecule has 0 radical (unpaired) electrons. The van der Waals surface area contributed by atoms with Crippen molar-refractivity contribution in [3.05, 3.63) is 30.1 Å². The number of rotatable bonds is 9. The minimum atomic E-state index is 0.659. The lowest BCUT2D eigenvalue weighted by Gasteiger charge is -2.24. The Kier molecular flexibility index (Phi) is 7.68. The molecule has 19 heavy (non-hydrogen) atoms. The van der Waals surface area contributed by atoms with Crippen molar-refractivity contribution < 1.29 is 0 Å². The Bertz CT molecular complexity index is 324. The lowest BCUT2D eigenvalue weighted by molar-refractivity contribution is 0.246. The fourth-order valence-electron chi connectivity index (χ4n) is 2.46. The van der Waals surface area contributed by atoms with Crippen LogP contribution in [0.5, 0.6) is 0 Å². The molecule has 1 heterocycles. The van der Waals surface area contributed by atoms with Crippen LogP contribution < -0.4 is 5.73 Å². The molecule has 0 saturated carbocycles. The molecule has 0 saturated heterocycles. The Morgan fingerprint density at radius 1 is 1.26 bits per heavy atom. The van der Waals surface area contributed by atoms with E-state index in [1.54, 1.807) is 0 Å². The van der Waals surface area contributed by atoms with Crippen LogP contribution in [0, 0.1) is 11.8 Å². The van der Waals surface area contributed by atoms with Crippen LogP contribution in [0.25, 0.3) is 0 Å². The second-order valence-electron chi connectivity index (χ2n) is 5.74. The molecule has 1 rings (SSSR count). The summed E-state index contributed by atoms with van der Waals surface area (Å²) in [4.78, 5) is 6.55. The summed E-state index contributed by atoms with van der Waals surface area (Å²) in [6, 6.07) is 4.19. The van der Waals surface area contributed by atoms with Crippen LogP contribution in [-0.2, 0) is 6.54 Å². The maximum atomic E-state index is 5.87. The Labute approximate surface area is 118 Å². The van der Waals surface area contributed by atoms with Gasteiger partial charge in [0.2, 0.25) is 0 Å². The first kappa shape index (κ1) is 16.1. The van der Waals surface area contributed by atoms with Crippen LogP contribution in [0.1, 0.15) is 39.2 Å². The predicted octanol–water partition coefficient (Wildman–Crippen LogP) is 2.91. The van der Waals surface area contributed by atoms with Gasteiger partial charge in [-0.3, -0.25) is 9.88 Å². The van der Waals surface area contributed by atoms with Crippen molar-refractivity contribution in [3.8, 4) is 0 Å². The molecule has 0 aliphatic heterocycles. The molecule has 0 aliphatic rings. The summed E-state index contributed by atoms with van der Waals surface area (Å²) in [7, 11) is 0. The van der Waals surface area contributed by atoms with E-state index in [1.807, 2.05) is 12.4 Å². The predicted molar refractivity (Wildman–Crippen MR) is 81.8 cm³/mol. The number of nitrogens with zero attached hydrogens (tertiary/aromatic N) is 2. The molecule has 0 aromatic carbocycles. The fourth-order valence-corrected chi connectivity index (χ4v) is 2.46. The number of nitrogens with two attached hydrogens (primary N) is 1. The van der Waals surface area contributed by atoms with E-state index >= 15 is 0 Å². The van der Waals surface area contributed by atoms with Gasteiger partial charge in [0.25, 0.3) is 0 Å². The highest BCUT2D eigenvalue weighted by molar-refractivity contribution is 5.09. The summed E-state index contributed by atoms with van der Waals surface area (Å²) >= 11 is 0. The molecule has 1 unspecified atom stereocenters. The first-order chi connectivity index (χ1) is 9.15. The summed E-state index contributed by atoms with van der Waals surface area (Å²) in [6.45, 7) is 10.8. The monoisotopic (exact) mass is 263 g/mol. The number of aromatic nitrogens is 1. The van der Waals surface area contributed by atoms with E-state index in [9.17, 15) is 0 Å². The average Bonchev–Trinajstić information content (AvgIpc) is 2.42. The number of hydrogen-bond acceptors (Lipinski definition) is 3. The molecule has 0 aliphatic carbocycles. The smallest absolute Gasteiger partial charge is 0.0271 e. The van der Waals surface area contributed by atoms with Crippen molar-refractivity contribution in [2.75, 3.05) is 19.6 Å². The second-order valence-corrected chi connectivity index (χ2v) is 5.74. The van der Waals surface area contributed by atoms with Gasteiger partial charge in [-0.2, -0.15) is 0 Å². The maximum Gasteiger partial charge on any atom is 0.0271 e. The van der Waals surface area contributed by atoms with E-state index in [0.717, 1.165) is 32.1 Å². The number of hydrogen-bond donors (Lipinski definition) is 1. The molecule has 3 nitrogen and oxygen atoms in total. The van der Waals surface area contributed by atoms with E-state index in [0.29, 0.717) is 5.92 Å². The lowest BCUT2D eigenvalue weighted by Crippen LogP contribution is -2.28. The molecule has 108 valence electrons. The molecule has 0 amide bonds. The molecular weight excluding hydrogens is 234 g/mol. The first-order valence-electron chi connectivity index (χ1n) is 7.47. The van der Waals surface area contributed by atoms with Gasteiger partial charge in [0.15, 0.2) is 0 Å². The quantitative estimate of drug-likeness (QED) is 0.745. The number of pyridine rings is 1. The maximum absolute atomic E-state index is 5.87. The highest BCUT2D eigenvalue weighted by Gasteiger charge is 2.11. The molecule has 0 spiro atoms. The summed E-state index contributed by atoms with van der Waals surface area (Å²) < 4.78 is 0. The molecule has 0 fully saturated rings. The van der Waals surface area contributed by atoms with Crippen LogP contribution in [-0.4, -0.2) is 29.5 Å². The average molecular weight is 263 g/mol. The summed E-state index contributed by atoms with van der Waals surface area (Å²) in [5, 5.41) is 0. The van der Waals surface area contributed by atoms with Crippen LogP contribution in [0.3, 0.4) is 0 Å². The lowest BCUT2D eigenvalue weighted by atomic mass is 9.94. The van der Waals surface area contributed by atoms with Crippen LogP contribution in [0.4, 0.5) is 0 Å². The van der Waals surface area contributed by atoms with Gasteiger partial charge in [0, 0.05) is 18.9 Å². The van der Waals surface area contributed by atoms with Crippen LogP contribution >= 0.6 is 0 Å². The minimum absolute atomic E-state index is 0.659. The molecule has 1 aromatic heterocycles. The van der Waals surface area contributed by atoms with Gasteiger partial charge < -0.3 is 5.73 Å². The Morgan fingerprint density at radius 2 is 1.95 bits per heavy atom. The zero-order chi connectivity index (χ0) is 14.1. The minimum Gasteiger partial charge on any atom is -0.330 e. The normalized spacial score (nSPS) is 13.2. The first-order valence-corrected chi connectivity index (χ1v) is 7.47. The van der Waals surface area contributed by atoms with Gasteiger partial charge in [-0.05, 0) is 62.0 Å². The van der Waals surface area contributed by atoms with Crippen molar-refractivity contribution in [1.29, 1.82) is 0 Å². The van der Waals surface area contributed by atoms with Gasteiger partial charge in [0.05, 0.1) is 0 Å². The summed E-state index contributed by atoms with van der Waals surface area (Å²) in [5.41, 5.74) is 7.21. The second kappa shape index (κ2) is 9.05. The van der Waals surface area contributed by atoms with Crippen molar-refractivity contribution in [2.45, 2.75) is 40.2 Å². The highest BCUT2D eigenvalue weighted by Crippen LogP contribution is 2.15. The third-order valence-electron chi connectivity index (χ3n) is 3.59. The van der Waals surface area contributed by atoms with E-state index in [-0.39, 0.29) is 0 Å². The van der Waals surface area contributed by atoms with Gasteiger partial charge in [-0.15, -0.1) is 0 Å². The van der Waals surface area contributed by atoms with Gasteiger partial charge >= 0.3 is 0 Å². The molecule has 3 heteroatoms. The fraction of sp³-hybridized carbons (Fsp3) is 0.688. The molecule has 1 atom stereocenters. The zero-order valence-electron chi connectivity index (χ0n) is 12.7. The third kappa shape index (κ3) is 6.69. The van der Waals surface area contributed by atoms with Crippen molar-refractivity contribution in [2.24, 2.45) is 17.6 Å². The Balaban J connectivity index is 2.39. The van der Waals surface area contributed by atoms with Crippen molar-refractivity contribution in [1.82, 2.24) is 9.88 Å².